The standard InChI is InChI=1S/C12H22OSi2/c1-7-9-11-14(3,4)13-15(5,6)12-10-8-2/h1-2H,9-12H2,3-6H3. The van der Waals surface area contributed by atoms with Gasteiger partial charge in [-0.3, -0.25) is 0 Å². The van der Waals surface area contributed by atoms with Gasteiger partial charge in [0.05, 0.1) is 0 Å². The fraction of sp³-hybridized carbons (Fsp3) is 0.667. The first-order valence-corrected chi connectivity index (χ1v) is 11.6. The van der Waals surface area contributed by atoms with Gasteiger partial charge in [-0.25, -0.2) is 0 Å². The zero-order valence-electron chi connectivity index (χ0n) is 10.4. The second kappa shape index (κ2) is 6.17. The summed E-state index contributed by atoms with van der Waals surface area (Å²) in [6, 6.07) is 2.10. The summed E-state index contributed by atoms with van der Waals surface area (Å²) < 4.78 is 6.32. The van der Waals surface area contributed by atoms with Gasteiger partial charge in [-0.2, -0.15) is 0 Å². The Morgan fingerprint density at radius 2 is 1.20 bits per heavy atom. The van der Waals surface area contributed by atoms with Crippen LogP contribution in [0.4, 0.5) is 0 Å². The molecule has 0 saturated carbocycles. The van der Waals surface area contributed by atoms with Gasteiger partial charge in [0.2, 0.25) is 0 Å². The average Bonchev–Trinajstić information content (AvgIpc) is 2.10. The molecule has 0 aromatic rings. The Labute approximate surface area is 96.9 Å². The first-order chi connectivity index (χ1) is 6.83. The molecule has 0 atom stereocenters. The van der Waals surface area contributed by atoms with Gasteiger partial charge in [0, 0.05) is 12.8 Å². The molecule has 0 aliphatic rings. The van der Waals surface area contributed by atoms with Gasteiger partial charge in [-0.1, -0.05) is 0 Å². The second-order valence-electron chi connectivity index (χ2n) is 5.03. The number of rotatable bonds is 6. The van der Waals surface area contributed by atoms with Crippen molar-refractivity contribution in [3.63, 3.8) is 0 Å². The van der Waals surface area contributed by atoms with Crippen LogP contribution in [-0.4, -0.2) is 16.6 Å². The summed E-state index contributed by atoms with van der Waals surface area (Å²) in [4.78, 5) is 0. The van der Waals surface area contributed by atoms with E-state index in [1.807, 2.05) is 0 Å². The lowest BCUT2D eigenvalue weighted by Crippen LogP contribution is -2.44. The molecule has 84 valence electrons. The predicted octanol–water partition coefficient (Wildman–Crippen LogP) is 3.46. The molecule has 0 spiro atoms. The van der Waals surface area contributed by atoms with Gasteiger partial charge < -0.3 is 4.12 Å². The minimum Gasteiger partial charge on any atom is -0.455 e. The van der Waals surface area contributed by atoms with Crippen LogP contribution in [0, 0.1) is 24.7 Å². The van der Waals surface area contributed by atoms with Crippen molar-refractivity contribution in [3.8, 4) is 24.7 Å². The highest BCUT2D eigenvalue weighted by Gasteiger charge is 2.31. The first-order valence-electron chi connectivity index (χ1n) is 5.40. The van der Waals surface area contributed by atoms with E-state index in [0.29, 0.717) is 0 Å². The lowest BCUT2D eigenvalue weighted by molar-refractivity contribution is 0.538. The summed E-state index contributed by atoms with van der Waals surface area (Å²) in [6.45, 7) is 8.98. The van der Waals surface area contributed by atoms with Gasteiger partial charge in [0.1, 0.15) is 0 Å². The van der Waals surface area contributed by atoms with E-state index in [-0.39, 0.29) is 0 Å². The van der Waals surface area contributed by atoms with Crippen LogP contribution in [0.5, 0.6) is 0 Å². The molecule has 0 aliphatic heterocycles. The molecule has 0 fully saturated rings. The van der Waals surface area contributed by atoms with E-state index in [0.717, 1.165) is 24.9 Å². The minimum atomic E-state index is -1.56. The van der Waals surface area contributed by atoms with Crippen LogP contribution < -0.4 is 0 Å². The fourth-order valence-electron chi connectivity index (χ4n) is 1.60. The van der Waals surface area contributed by atoms with Crippen molar-refractivity contribution >= 4 is 16.6 Å². The maximum Gasteiger partial charge on any atom is 0.174 e. The molecule has 0 amide bonds. The van der Waals surface area contributed by atoms with Gasteiger partial charge in [0.25, 0.3) is 0 Å². The predicted molar refractivity (Wildman–Crippen MR) is 72.6 cm³/mol. The summed E-state index contributed by atoms with van der Waals surface area (Å²) >= 11 is 0. The van der Waals surface area contributed by atoms with Gasteiger partial charge in [-0.15, -0.1) is 24.7 Å². The maximum atomic E-state index is 6.32. The van der Waals surface area contributed by atoms with Crippen LogP contribution in [0.3, 0.4) is 0 Å². The van der Waals surface area contributed by atoms with E-state index < -0.39 is 16.6 Å². The van der Waals surface area contributed by atoms with E-state index in [2.05, 4.69) is 38.0 Å². The topological polar surface area (TPSA) is 9.23 Å². The lowest BCUT2D eigenvalue weighted by atomic mass is 10.5. The molecule has 0 aromatic heterocycles. The third kappa shape index (κ3) is 7.44. The Kier molecular flexibility index (Phi) is 5.97. The molecule has 0 saturated heterocycles. The van der Waals surface area contributed by atoms with E-state index in [1.54, 1.807) is 0 Å². The van der Waals surface area contributed by atoms with Crippen LogP contribution in [0.2, 0.25) is 38.3 Å². The Morgan fingerprint density at radius 1 is 0.867 bits per heavy atom. The molecule has 3 heteroatoms. The maximum absolute atomic E-state index is 6.32. The Balaban J connectivity index is 4.18. The highest BCUT2D eigenvalue weighted by atomic mass is 28.4. The van der Waals surface area contributed by atoms with Crippen LogP contribution in [0.15, 0.2) is 0 Å². The monoisotopic (exact) mass is 238 g/mol. The molecule has 0 heterocycles. The third-order valence-electron chi connectivity index (χ3n) is 2.30. The Bertz CT molecular complexity index is 240. The SMILES string of the molecule is C#CCC[Si](C)(C)O[Si](C)(C)CCC#C. The fourth-order valence-corrected chi connectivity index (χ4v) is 9.89. The van der Waals surface area contributed by atoms with Gasteiger partial charge >= 0.3 is 0 Å². The van der Waals surface area contributed by atoms with Crippen molar-refractivity contribution in [3.05, 3.63) is 0 Å². The number of hydrogen-bond donors (Lipinski definition) is 0. The molecule has 0 aromatic carbocycles. The van der Waals surface area contributed by atoms with Crippen LogP contribution in [0.25, 0.3) is 0 Å². The summed E-state index contributed by atoms with van der Waals surface area (Å²) in [5.41, 5.74) is 0. The van der Waals surface area contributed by atoms with E-state index in [4.69, 9.17) is 17.0 Å². The average molecular weight is 238 g/mol. The van der Waals surface area contributed by atoms with Crippen molar-refractivity contribution < 1.29 is 4.12 Å². The lowest BCUT2D eigenvalue weighted by Gasteiger charge is -2.33. The molecule has 0 radical (unpaired) electrons. The largest absolute Gasteiger partial charge is 0.455 e. The number of hydrogen-bond acceptors (Lipinski definition) is 1. The molecule has 15 heavy (non-hydrogen) atoms. The number of terminal acetylenes is 2. The Hall–Kier alpha value is -0.486. The summed E-state index contributed by atoms with van der Waals surface area (Å²) in [5.74, 6) is 5.38. The van der Waals surface area contributed by atoms with Crippen LogP contribution in [0.1, 0.15) is 12.8 Å². The molecule has 0 bridgehead atoms. The smallest absolute Gasteiger partial charge is 0.174 e. The summed E-state index contributed by atoms with van der Waals surface area (Å²) in [7, 11) is -3.12. The molecular formula is C12H22OSi2. The van der Waals surface area contributed by atoms with Crippen molar-refractivity contribution in [2.75, 3.05) is 0 Å². The molecule has 0 unspecified atom stereocenters. The van der Waals surface area contributed by atoms with Crippen molar-refractivity contribution in [1.29, 1.82) is 0 Å². The van der Waals surface area contributed by atoms with Gasteiger partial charge in [0.15, 0.2) is 16.6 Å². The third-order valence-corrected chi connectivity index (χ3v) is 9.62. The minimum absolute atomic E-state index is 0.832. The Morgan fingerprint density at radius 3 is 1.47 bits per heavy atom. The molecule has 1 nitrogen and oxygen atoms in total. The van der Waals surface area contributed by atoms with E-state index in [9.17, 15) is 0 Å². The van der Waals surface area contributed by atoms with Crippen molar-refractivity contribution in [1.82, 2.24) is 0 Å². The summed E-state index contributed by atoms with van der Waals surface area (Å²) in [5, 5.41) is 0. The molecule has 0 N–H and O–H groups in total. The van der Waals surface area contributed by atoms with Crippen molar-refractivity contribution in [2.24, 2.45) is 0 Å². The summed E-state index contributed by atoms with van der Waals surface area (Å²) in [6.07, 6.45) is 12.2. The van der Waals surface area contributed by atoms with Crippen molar-refractivity contribution in [2.45, 2.75) is 51.1 Å². The molecule has 0 aliphatic carbocycles. The zero-order chi connectivity index (χ0) is 11.9. The highest BCUT2D eigenvalue weighted by molar-refractivity contribution is 6.84. The molecule has 0 rings (SSSR count). The quantitative estimate of drug-likeness (QED) is 0.509. The normalized spacial score (nSPS) is 11.9. The van der Waals surface area contributed by atoms with Gasteiger partial charge in [-0.05, 0) is 38.3 Å². The van der Waals surface area contributed by atoms with Crippen LogP contribution >= 0.6 is 0 Å². The van der Waals surface area contributed by atoms with E-state index in [1.165, 1.54) is 0 Å². The van der Waals surface area contributed by atoms with E-state index >= 15 is 0 Å². The first kappa shape index (κ1) is 14.5. The highest BCUT2D eigenvalue weighted by Crippen LogP contribution is 2.23. The molecular weight excluding hydrogens is 216 g/mol. The van der Waals surface area contributed by atoms with Crippen LogP contribution in [-0.2, 0) is 4.12 Å². The zero-order valence-corrected chi connectivity index (χ0v) is 12.4. The second-order valence-corrected chi connectivity index (χ2v) is 13.9.